The molecule has 0 atom stereocenters. The number of nitrogens with zero attached hydrogens (tertiary/aromatic N) is 2. The standard InChI is InChI=1S/C10H14BrN3/c1-2-10(4-3-5-10)14-9-8(11)6-12-7-13-9/h6-7H,2-5H2,1H3,(H,12,13,14). The van der Waals surface area contributed by atoms with Crippen molar-refractivity contribution in [2.45, 2.75) is 38.1 Å². The van der Waals surface area contributed by atoms with E-state index >= 15 is 0 Å². The minimum atomic E-state index is 0.289. The molecule has 0 radical (unpaired) electrons. The summed E-state index contributed by atoms with van der Waals surface area (Å²) in [5.41, 5.74) is 0.289. The molecule has 4 heteroatoms. The zero-order valence-corrected chi connectivity index (χ0v) is 9.84. The quantitative estimate of drug-likeness (QED) is 0.903. The predicted octanol–water partition coefficient (Wildman–Crippen LogP) is 2.98. The largest absolute Gasteiger partial charge is 0.364 e. The van der Waals surface area contributed by atoms with Crippen molar-refractivity contribution in [3.63, 3.8) is 0 Å². The third kappa shape index (κ3) is 1.75. The highest BCUT2D eigenvalue weighted by molar-refractivity contribution is 9.10. The summed E-state index contributed by atoms with van der Waals surface area (Å²) < 4.78 is 0.944. The normalized spacial score (nSPS) is 18.7. The zero-order chi connectivity index (χ0) is 10.0. The van der Waals surface area contributed by atoms with Crippen molar-refractivity contribution in [1.29, 1.82) is 0 Å². The Labute approximate surface area is 92.5 Å². The average molecular weight is 256 g/mol. The Morgan fingerprint density at radius 3 is 2.86 bits per heavy atom. The summed E-state index contributed by atoms with van der Waals surface area (Å²) >= 11 is 3.44. The van der Waals surface area contributed by atoms with E-state index in [1.807, 2.05) is 0 Å². The number of rotatable bonds is 3. The Morgan fingerprint density at radius 2 is 2.36 bits per heavy atom. The lowest BCUT2D eigenvalue weighted by molar-refractivity contribution is 0.268. The molecule has 0 amide bonds. The maximum atomic E-state index is 4.22. The summed E-state index contributed by atoms with van der Waals surface area (Å²) in [6, 6.07) is 0. The van der Waals surface area contributed by atoms with Crippen LogP contribution in [0.1, 0.15) is 32.6 Å². The van der Waals surface area contributed by atoms with Crippen LogP contribution in [0.25, 0.3) is 0 Å². The Balaban J connectivity index is 2.13. The first-order valence-electron chi connectivity index (χ1n) is 4.99. The molecular formula is C10H14BrN3. The van der Waals surface area contributed by atoms with Gasteiger partial charge < -0.3 is 5.32 Å². The summed E-state index contributed by atoms with van der Waals surface area (Å²) in [5.74, 6) is 0.918. The number of hydrogen-bond acceptors (Lipinski definition) is 3. The van der Waals surface area contributed by atoms with Crippen LogP contribution in [-0.4, -0.2) is 15.5 Å². The lowest BCUT2D eigenvalue weighted by Gasteiger charge is -2.42. The molecule has 76 valence electrons. The van der Waals surface area contributed by atoms with Crippen molar-refractivity contribution < 1.29 is 0 Å². The van der Waals surface area contributed by atoms with Gasteiger partial charge in [0.15, 0.2) is 0 Å². The van der Waals surface area contributed by atoms with Crippen LogP contribution in [0.3, 0.4) is 0 Å². The van der Waals surface area contributed by atoms with Crippen LogP contribution >= 0.6 is 15.9 Å². The second-order valence-corrected chi connectivity index (χ2v) is 4.69. The third-order valence-electron chi connectivity index (χ3n) is 3.04. The minimum absolute atomic E-state index is 0.289. The second-order valence-electron chi connectivity index (χ2n) is 3.83. The van der Waals surface area contributed by atoms with Crippen molar-refractivity contribution in [2.75, 3.05) is 5.32 Å². The molecule has 1 aliphatic rings. The molecule has 0 bridgehead atoms. The number of nitrogens with one attached hydrogen (secondary N) is 1. The van der Waals surface area contributed by atoms with E-state index in [1.54, 1.807) is 12.5 Å². The van der Waals surface area contributed by atoms with E-state index in [-0.39, 0.29) is 5.54 Å². The highest BCUT2D eigenvalue weighted by Gasteiger charge is 2.35. The van der Waals surface area contributed by atoms with Gasteiger partial charge in [-0.2, -0.15) is 0 Å². The first-order chi connectivity index (χ1) is 6.76. The maximum absolute atomic E-state index is 4.22. The Morgan fingerprint density at radius 1 is 1.57 bits per heavy atom. The first kappa shape index (κ1) is 9.90. The molecule has 0 aromatic carbocycles. The van der Waals surface area contributed by atoms with Gasteiger partial charge in [-0.1, -0.05) is 6.92 Å². The molecule has 14 heavy (non-hydrogen) atoms. The van der Waals surface area contributed by atoms with E-state index in [4.69, 9.17) is 0 Å². The van der Waals surface area contributed by atoms with E-state index in [1.165, 1.54) is 19.3 Å². The maximum Gasteiger partial charge on any atom is 0.144 e. The van der Waals surface area contributed by atoms with Gasteiger partial charge >= 0.3 is 0 Å². The molecular weight excluding hydrogens is 242 g/mol. The molecule has 0 saturated heterocycles. The molecule has 3 nitrogen and oxygen atoms in total. The predicted molar refractivity (Wildman–Crippen MR) is 60.2 cm³/mol. The summed E-state index contributed by atoms with van der Waals surface area (Å²) in [7, 11) is 0. The van der Waals surface area contributed by atoms with Gasteiger partial charge in [0.2, 0.25) is 0 Å². The van der Waals surface area contributed by atoms with Crippen molar-refractivity contribution in [2.24, 2.45) is 0 Å². The molecule has 1 aliphatic carbocycles. The summed E-state index contributed by atoms with van der Waals surface area (Å²) in [6.45, 7) is 2.22. The fourth-order valence-corrected chi connectivity index (χ4v) is 2.15. The SMILES string of the molecule is CCC1(Nc2ncncc2Br)CCC1. The summed E-state index contributed by atoms with van der Waals surface area (Å²) in [5, 5.41) is 3.51. The smallest absolute Gasteiger partial charge is 0.144 e. The zero-order valence-electron chi connectivity index (χ0n) is 8.26. The van der Waals surface area contributed by atoms with Crippen molar-refractivity contribution in [1.82, 2.24) is 9.97 Å². The topological polar surface area (TPSA) is 37.8 Å². The van der Waals surface area contributed by atoms with Gasteiger partial charge in [0.05, 0.1) is 4.47 Å². The van der Waals surface area contributed by atoms with E-state index in [0.717, 1.165) is 16.7 Å². The Hall–Kier alpha value is -0.640. The lowest BCUT2D eigenvalue weighted by atomic mass is 9.75. The second kappa shape index (κ2) is 3.85. The van der Waals surface area contributed by atoms with Crippen molar-refractivity contribution in [3.05, 3.63) is 17.0 Å². The van der Waals surface area contributed by atoms with Crippen molar-refractivity contribution in [3.8, 4) is 0 Å². The van der Waals surface area contributed by atoms with Gasteiger partial charge in [-0.3, -0.25) is 0 Å². The van der Waals surface area contributed by atoms with Gasteiger partial charge in [0.1, 0.15) is 12.1 Å². The van der Waals surface area contributed by atoms with Gasteiger partial charge in [-0.25, -0.2) is 9.97 Å². The highest BCUT2D eigenvalue weighted by Crippen LogP contribution is 2.38. The van der Waals surface area contributed by atoms with Crippen LogP contribution in [0.5, 0.6) is 0 Å². The summed E-state index contributed by atoms with van der Waals surface area (Å²) in [6.07, 6.45) is 8.33. The van der Waals surface area contributed by atoms with Crippen LogP contribution < -0.4 is 5.32 Å². The molecule has 1 saturated carbocycles. The van der Waals surface area contributed by atoms with Crippen LogP contribution in [0.2, 0.25) is 0 Å². The molecule has 0 unspecified atom stereocenters. The molecule has 2 rings (SSSR count). The van der Waals surface area contributed by atoms with Gasteiger partial charge in [0.25, 0.3) is 0 Å². The van der Waals surface area contributed by atoms with Crippen molar-refractivity contribution >= 4 is 21.7 Å². The Bertz CT molecular complexity index is 317. The van der Waals surface area contributed by atoms with Crippen LogP contribution in [-0.2, 0) is 0 Å². The Kier molecular flexibility index (Phi) is 2.72. The van der Waals surface area contributed by atoms with Gasteiger partial charge in [-0.05, 0) is 41.6 Å². The molecule has 1 N–H and O–H groups in total. The number of halogens is 1. The number of hydrogen-bond donors (Lipinski definition) is 1. The fraction of sp³-hybridized carbons (Fsp3) is 0.600. The van der Waals surface area contributed by atoms with E-state index in [9.17, 15) is 0 Å². The molecule has 1 fully saturated rings. The molecule has 1 aromatic heterocycles. The number of anilines is 1. The molecule has 1 heterocycles. The highest BCUT2D eigenvalue weighted by atomic mass is 79.9. The van der Waals surface area contributed by atoms with Gasteiger partial charge in [-0.15, -0.1) is 0 Å². The van der Waals surface area contributed by atoms with Crippen LogP contribution in [0, 0.1) is 0 Å². The average Bonchev–Trinajstić information content (AvgIpc) is 2.14. The fourth-order valence-electron chi connectivity index (χ4n) is 1.83. The van der Waals surface area contributed by atoms with E-state index in [2.05, 4.69) is 38.1 Å². The monoisotopic (exact) mass is 255 g/mol. The summed E-state index contributed by atoms with van der Waals surface area (Å²) in [4.78, 5) is 8.17. The van der Waals surface area contributed by atoms with E-state index < -0.39 is 0 Å². The number of aromatic nitrogens is 2. The molecule has 0 aliphatic heterocycles. The molecule has 1 aromatic rings. The van der Waals surface area contributed by atoms with E-state index in [0.29, 0.717) is 0 Å². The van der Waals surface area contributed by atoms with Crippen LogP contribution in [0.4, 0.5) is 5.82 Å². The third-order valence-corrected chi connectivity index (χ3v) is 3.62. The van der Waals surface area contributed by atoms with Crippen LogP contribution in [0.15, 0.2) is 17.0 Å². The first-order valence-corrected chi connectivity index (χ1v) is 5.79. The minimum Gasteiger partial charge on any atom is -0.364 e. The molecule has 0 spiro atoms. The van der Waals surface area contributed by atoms with Gasteiger partial charge in [0, 0.05) is 11.7 Å². The lowest BCUT2D eigenvalue weighted by Crippen LogP contribution is -2.44.